The highest BCUT2D eigenvalue weighted by Crippen LogP contribution is 2.56. The molecule has 0 fully saturated rings. The van der Waals surface area contributed by atoms with E-state index in [-0.39, 0.29) is 37.8 Å². The van der Waals surface area contributed by atoms with Crippen molar-refractivity contribution < 1.29 is 42.4 Å². The van der Waals surface area contributed by atoms with Crippen molar-refractivity contribution in [2.24, 2.45) is 0 Å². The fourth-order valence-corrected chi connectivity index (χ4v) is 7.86. The lowest BCUT2D eigenvalue weighted by Crippen LogP contribution is -2.42. The van der Waals surface area contributed by atoms with Crippen LogP contribution in [0.2, 0.25) is 0 Å². The lowest BCUT2D eigenvalue weighted by Gasteiger charge is -2.23. The van der Waals surface area contributed by atoms with Gasteiger partial charge in [-0.1, -0.05) is 48.5 Å². The molecule has 2 unspecified atom stereocenters. The largest absolute Gasteiger partial charge is 0.491 e. The highest BCUT2D eigenvalue weighted by molar-refractivity contribution is 6.12. The van der Waals surface area contributed by atoms with Crippen molar-refractivity contribution >= 4 is 23.2 Å². The number of ether oxygens (including phenoxy) is 6. The SMILES string of the molecule is O=C1N(Cc2ccc(F)cc2)c2ccccc2C12COc1cc3c(cc12)OCO3.O=C1Nc2ccccc2C12COc1cc3c(cc12)OCO3. The third kappa shape index (κ3) is 3.88. The Hall–Kier alpha value is -6.23. The van der Waals surface area contributed by atoms with E-state index in [2.05, 4.69) is 5.32 Å². The summed E-state index contributed by atoms with van der Waals surface area (Å²) in [5.41, 5.74) is 4.33. The Bertz CT molecular complexity index is 2280. The van der Waals surface area contributed by atoms with Crippen LogP contribution in [0, 0.1) is 5.82 Å². The summed E-state index contributed by atoms with van der Waals surface area (Å²) in [4.78, 5) is 28.2. The van der Waals surface area contributed by atoms with Crippen molar-refractivity contribution in [1.29, 1.82) is 0 Å². The fourth-order valence-electron chi connectivity index (χ4n) is 7.86. The standard InChI is InChI=1S/C23H16FNO4.C16H11NO4/c24-15-7-5-14(6-8-15)11-25-18-4-2-1-3-16(18)23(22(25)26)12-27-19-10-21-20(9-17(19)23)28-13-29-21;18-15-16(9-3-1-2-4-11(9)17-15)7-19-12-6-14-13(5-10(12)16)20-8-21-14/h1-10H,11-13H2;1-6H,7-8H2,(H,17,18). The molecule has 6 aliphatic rings. The molecule has 5 aromatic carbocycles. The Morgan fingerprint density at radius 3 is 1.84 bits per heavy atom. The van der Waals surface area contributed by atoms with E-state index >= 15 is 0 Å². The minimum Gasteiger partial charge on any atom is -0.491 e. The molecule has 248 valence electrons. The average molecular weight is 671 g/mol. The monoisotopic (exact) mass is 670 g/mol. The molecule has 0 saturated carbocycles. The molecule has 0 aliphatic carbocycles. The first-order valence-electron chi connectivity index (χ1n) is 16.2. The number of carbonyl (C=O) groups is 2. The van der Waals surface area contributed by atoms with Crippen LogP contribution < -0.4 is 38.6 Å². The molecule has 11 rings (SSSR count). The summed E-state index contributed by atoms with van der Waals surface area (Å²) < 4.78 is 46.9. The molecule has 0 aromatic heterocycles. The van der Waals surface area contributed by atoms with Gasteiger partial charge in [0.25, 0.3) is 0 Å². The lowest BCUT2D eigenvalue weighted by molar-refractivity contribution is -0.122. The van der Waals surface area contributed by atoms with Gasteiger partial charge < -0.3 is 38.6 Å². The van der Waals surface area contributed by atoms with Gasteiger partial charge in [0.2, 0.25) is 25.4 Å². The zero-order valence-corrected chi connectivity index (χ0v) is 26.4. The Kier molecular flexibility index (Phi) is 5.97. The van der Waals surface area contributed by atoms with Crippen LogP contribution in [0.25, 0.3) is 0 Å². The highest BCUT2D eigenvalue weighted by atomic mass is 19.1. The number of anilines is 2. The molecule has 0 radical (unpaired) electrons. The number of halogens is 1. The van der Waals surface area contributed by atoms with Crippen LogP contribution in [0.3, 0.4) is 0 Å². The van der Waals surface area contributed by atoms with Crippen LogP contribution in [-0.2, 0) is 27.0 Å². The first-order valence-corrected chi connectivity index (χ1v) is 16.2. The van der Waals surface area contributed by atoms with Crippen LogP contribution >= 0.6 is 0 Å². The van der Waals surface area contributed by atoms with Crippen LogP contribution in [0.15, 0.2) is 97.1 Å². The molecule has 2 spiro atoms. The first-order chi connectivity index (χ1) is 24.5. The van der Waals surface area contributed by atoms with Crippen molar-refractivity contribution in [2.45, 2.75) is 17.4 Å². The maximum absolute atomic E-state index is 13.8. The predicted octanol–water partition coefficient (Wildman–Crippen LogP) is 5.83. The Morgan fingerprint density at radius 2 is 1.16 bits per heavy atom. The van der Waals surface area contributed by atoms with Crippen molar-refractivity contribution in [2.75, 3.05) is 37.0 Å². The van der Waals surface area contributed by atoms with E-state index in [4.69, 9.17) is 28.4 Å². The molecular weight excluding hydrogens is 643 g/mol. The smallest absolute Gasteiger partial charge is 0.246 e. The molecule has 6 heterocycles. The molecule has 0 saturated heterocycles. The normalized spacial score (nSPS) is 22.0. The van der Waals surface area contributed by atoms with Crippen LogP contribution in [0.4, 0.5) is 15.8 Å². The number of nitrogens with zero attached hydrogens (tertiary/aromatic N) is 1. The number of carbonyl (C=O) groups excluding carboxylic acids is 2. The van der Waals surface area contributed by atoms with Gasteiger partial charge in [0, 0.05) is 34.6 Å². The molecule has 50 heavy (non-hydrogen) atoms. The van der Waals surface area contributed by atoms with E-state index < -0.39 is 10.8 Å². The van der Waals surface area contributed by atoms with Crippen molar-refractivity contribution in [3.8, 4) is 34.5 Å². The molecule has 6 aliphatic heterocycles. The van der Waals surface area contributed by atoms with Crippen molar-refractivity contribution in [3.63, 3.8) is 0 Å². The van der Waals surface area contributed by atoms with Gasteiger partial charge in [-0.25, -0.2) is 4.39 Å². The summed E-state index contributed by atoms with van der Waals surface area (Å²) in [6, 6.07) is 29.0. The second-order valence-corrected chi connectivity index (χ2v) is 12.8. The van der Waals surface area contributed by atoms with Crippen LogP contribution in [0.5, 0.6) is 34.5 Å². The van der Waals surface area contributed by atoms with E-state index in [1.54, 1.807) is 29.2 Å². The minimum atomic E-state index is -0.924. The van der Waals surface area contributed by atoms with Gasteiger partial charge in [-0.3, -0.25) is 9.59 Å². The summed E-state index contributed by atoms with van der Waals surface area (Å²) in [5, 5.41) is 2.95. The van der Waals surface area contributed by atoms with E-state index in [1.807, 2.05) is 60.7 Å². The molecule has 11 heteroatoms. The van der Waals surface area contributed by atoms with E-state index in [0.29, 0.717) is 47.6 Å². The molecule has 1 N–H and O–H groups in total. The van der Waals surface area contributed by atoms with E-state index in [9.17, 15) is 14.0 Å². The first kappa shape index (κ1) is 28.8. The topological polar surface area (TPSA) is 105 Å². The van der Waals surface area contributed by atoms with Gasteiger partial charge >= 0.3 is 0 Å². The number of hydrogen-bond acceptors (Lipinski definition) is 8. The number of para-hydroxylation sites is 2. The highest BCUT2D eigenvalue weighted by Gasteiger charge is 2.57. The number of hydrogen-bond donors (Lipinski definition) is 1. The lowest BCUT2D eigenvalue weighted by atomic mass is 9.77. The molecular formula is C39H27FN2O8. The zero-order chi connectivity index (χ0) is 33.6. The van der Waals surface area contributed by atoms with Gasteiger partial charge in [-0.05, 0) is 53.1 Å². The maximum atomic E-state index is 13.8. The second-order valence-electron chi connectivity index (χ2n) is 12.8. The van der Waals surface area contributed by atoms with Gasteiger partial charge in [0.1, 0.15) is 41.4 Å². The van der Waals surface area contributed by atoms with Crippen LogP contribution in [-0.4, -0.2) is 38.6 Å². The van der Waals surface area contributed by atoms with Gasteiger partial charge in [0.15, 0.2) is 23.0 Å². The molecule has 2 atom stereocenters. The second kappa shape index (κ2) is 10.4. The summed E-state index contributed by atoms with van der Waals surface area (Å²) in [5.74, 6) is 3.49. The number of rotatable bonds is 2. The Balaban J connectivity index is 0.000000133. The minimum absolute atomic E-state index is 0.0543. The summed E-state index contributed by atoms with van der Waals surface area (Å²) in [6.07, 6.45) is 0. The quantitative estimate of drug-likeness (QED) is 0.251. The number of benzene rings is 5. The summed E-state index contributed by atoms with van der Waals surface area (Å²) >= 11 is 0. The number of amides is 2. The maximum Gasteiger partial charge on any atom is 0.246 e. The van der Waals surface area contributed by atoms with Gasteiger partial charge in [-0.2, -0.15) is 0 Å². The molecule has 2 amide bonds. The predicted molar refractivity (Wildman–Crippen MR) is 177 cm³/mol. The van der Waals surface area contributed by atoms with Crippen molar-refractivity contribution in [1.82, 2.24) is 0 Å². The number of fused-ring (bicyclic) bond motifs is 10. The fraction of sp³-hybridized carbons (Fsp3) is 0.179. The average Bonchev–Trinajstić information content (AvgIpc) is 3.99. The zero-order valence-electron chi connectivity index (χ0n) is 26.4. The van der Waals surface area contributed by atoms with Gasteiger partial charge in [0.05, 0.1) is 6.54 Å². The van der Waals surface area contributed by atoms with E-state index in [1.165, 1.54) is 12.1 Å². The van der Waals surface area contributed by atoms with Gasteiger partial charge in [-0.15, -0.1) is 0 Å². The summed E-state index contributed by atoms with van der Waals surface area (Å²) in [6.45, 7) is 1.24. The van der Waals surface area contributed by atoms with E-state index in [0.717, 1.165) is 39.2 Å². The third-order valence-corrected chi connectivity index (χ3v) is 10.3. The molecule has 10 nitrogen and oxygen atoms in total. The Morgan fingerprint density at radius 1 is 0.600 bits per heavy atom. The molecule has 5 aromatic rings. The number of nitrogens with one attached hydrogen (secondary N) is 1. The van der Waals surface area contributed by atoms with Crippen molar-refractivity contribution in [3.05, 3.63) is 131 Å². The third-order valence-electron chi connectivity index (χ3n) is 10.3. The Labute approximate surface area is 284 Å². The molecule has 0 bridgehead atoms. The summed E-state index contributed by atoms with van der Waals surface area (Å²) in [7, 11) is 0. The van der Waals surface area contributed by atoms with Crippen LogP contribution in [0.1, 0.15) is 27.8 Å².